The Morgan fingerprint density at radius 2 is 2.26 bits per heavy atom. The van der Waals surface area contributed by atoms with Crippen molar-refractivity contribution in [1.29, 1.82) is 5.41 Å². The largest absolute Gasteiger partial charge is 0.493 e. The van der Waals surface area contributed by atoms with Crippen LogP contribution in [0.1, 0.15) is 37.7 Å². The van der Waals surface area contributed by atoms with Crippen LogP contribution >= 0.6 is 22.9 Å². The van der Waals surface area contributed by atoms with Crippen molar-refractivity contribution in [2.45, 2.75) is 43.6 Å². The van der Waals surface area contributed by atoms with Gasteiger partial charge in [0.25, 0.3) is 0 Å². The summed E-state index contributed by atoms with van der Waals surface area (Å²) < 4.78 is 8.39. The van der Waals surface area contributed by atoms with Gasteiger partial charge in [-0.05, 0) is 61.8 Å². The molecule has 0 spiro atoms. The predicted octanol–water partition coefficient (Wildman–Crippen LogP) is 3.99. The molecule has 3 aliphatic rings. The van der Waals surface area contributed by atoms with Gasteiger partial charge in [0.05, 0.1) is 12.0 Å². The van der Waals surface area contributed by atoms with Crippen molar-refractivity contribution in [3.8, 4) is 5.75 Å². The zero-order valence-corrected chi connectivity index (χ0v) is 15.5. The third-order valence-electron chi connectivity index (χ3n) is 5.49. The molecule has 0 bridgehead atoms. The van der Waals surface area contributed by atoms with Gasteiger partial charge in [-0.2, -0.15) is 0 Å². The molecule has 1 aliphatic carbocycles. The normalized spacial score (nSPS) is 30.0. The van der Waals surface area contributed by atoms with Crippen molar-refractivity contribution >= 4 is 34.8 Å². The highest BCUT2D eigenvalue weighted by Gasteiger charge is 2.41. The molecule has 5 heteroatoms. The van der Waals surface area contributed by atoms with Gasteiger partial charge in [-0.25, -0.2) is 3.11 Å². The van der Waals surface area contributed by atoms with Crippen LogP contribution in [-0.4, -0.2) is 35.1 Å². The number of fused-ring (bicyclic) bond motifs is 1. The average Bonchev–Trinajstić information content (AvgIpc) is 3.23. The van der Waals surface area contributed by atoms with Gasteiger partial charge in [0.2, 0.25) is 0 Å². The number of nitrogens with zero attached hydrogens (tertiary/aromatic N) is 1. The Kier molecular flexibility index (Phi) is 4.26. The molecule has 1 saturated carbocycles. The summed E-state index contributed by atoms with van der Waals surface area (Å²) in [7, 11) is 0. The van der Waals surface area contributed by atoms with Gasteiger partial charge < -0.3 is 15.5 Å². The molecule has 2 atom stereocenters. The monoisotopic (exact) mass is 425 g/mol. The Morgan fingerprint density at radius 3 is 2.96 bits per heavy atom. The van der Waals surface area contributed by atoms with E-state index >= 15 is 0 Å². The molecule has 1 aromatic rings. The number of benzene rings is 1. The number of rotatable bonds is 6. The Labute approximate surface area is 152 Å². The standard InChI is InChI=1S/C18H24IN3O/c19-22-7-1-2-14(22)9-18(11-20)12-21-17-6-5-15(8-16(17)18)23-10-13-3-4-13/h5-6,8,11,13-14,20-21H,1-4,7,9-10,12H2/t14-,18?/m1/s1. The predicted molar refractivity (Wildman–Crippen MR) is 102 cm³/mol. The molecule has 23 heavy (non-hydrogen) atoms. The number of nitrogens with one attached hydrogen (secondary N) is 2. The van der Waals surface area contributed by atoms with Gasteiger partial charge in [-0.1, -0.05) is 0 Å². The molecular formula is C18H24IN3O. The summed E-state index contributed by atoms with van der Waals surface area (Å²) >= 11 is 2.45. The van der Waals surface area contributed by atoms with E-state index in [1.165, 1.54) is 43.5 Å². The van der Waals surface area contributed by atoms with E-state index < -0.39 is 0 Å². The van der Waals surface area contributed by atoms with E-state index in [0.29, 0.717) is 6.04 Å². The van der Waals surface area contributed by atoms with Crippen molar-refractivity contribution < 1.29 is 4.74 Å². The van der Waals surface area contributed by atoms with Gasteiger partial charge in [0, 0.05) is 53.9 Å². The highest BCUT2D eigenvalue weighted by Crippen LogP contribution is 2.43. The molecule has 0 aromatic heterocycles. The van der Waals surface area contributed by atoms with E-state index in [-0.39, 0.29) is 5.41 Å². The van der Waals surface area contributed by atoms with Crippen LogP contribution in [0.4, 0.5) is 5.69 Å². The minimum absolute atomic E-state index is 0.188. The topological polar surface area (TPSA) is 48.4 Å². The maximum absolute atomic E-state index is 8.13. The SMILES string of the molecule is N=CC1(C[C@H]2CCCN2I)CNc2ccc(OCC3CC3)cc21. The molecule has 2 heterocycles. The van der Waals surface area contributed by atoms with Gasteiger partial charge in [-0.3, -0.25) is 0 Å². The van der Waals surface area contributed by atoms with Gasteiger partial charge in [0.15, 0.2) is 0 Å². The number of hydrogen-bond donors (Lipinski definition) is 2. The molecule has 2 fully saturated rings. The molecule has 1 saturated heterocycles. The van der Waals surface area contributed by atoms with Crippen molar-refractivity contribution in [2.75, 3.05) is 25.0 Å². The number of ether oxygens (including phenoxy) is 1. The van der Waals surface area contributed by atoms with Crippen molar-refractivity contribution in [2.24, 2.45) is 5.92 Å². The molecule has 1 aromatic carbocycles. The fourth-order valence-electron chi connectivity index (χ4n) is 3.82. The number of halogens is 1. The second-order valence-electron chi connectivity index (χ2n) is 7.24. The molecular weight excluding hydrogens is 401 g/mol. The van der Waals surface area contributed by atoms with E-state index in [4.69, 9.17) is 10.1 Å². The number of anilines is 1. The summed E-state index contributed by atoms with van der Waals surface area (Å²) in [5, 5.41) is 11.6. The molecule has 2 aliphatic heterocycles. The fourth-order valence-corrected chi connectivity index (χ4v) is 4.63. The van der Waals surface area contributed by atoms with E-state index in [9.17, 15) is 0 Å². The van der Waals surface area contributed by atoms with Crippen molar-refractivity contribution in [1.82, 2.24) is 3.11 Å². The lowest BCUT2D eigenvalue weighted by Gasteiger charge is -2.30. The minimum atomic E-state index is -0.188. The van der Waals surface area contributed by atoms with E-state index in [1.807, 2.05) is 0 Å². The maximum atomic E-state index is 8.13. The maximum Gasteiger partial charge on any atom is 0.119 e. The molecule has 4 nitrogen and oxygen atoms in total. The Hall–Kier alpha value is -0.820. The summed E-state index contributed by atoms with van der Waals surface area (Å²) in [5.41, 5.74) is 2.23. The van der Waals surface area contributed by atoms with Crippen LogP contribution in [0.3, 0.4) is 0 Å². The highest BCUT2D eigenvalue weighted by molar-refractivity contribution is 14.1. The summed E-state index contributed by atoms with van der Waals surface area (Å²) in [4.78, 5) is 0. The summed E-state index contributed by atoms with van der Waals surface area (Å²) in [6.45, 7) is 2.84. The lowest BCUT2D eigenvalue weighted by molar-refractivity contribution is 0.299. The van der Waals surface area contributed by atoms with Gasteiger partial charge >= 0.3 is 0 Å². The summed E-state index contributed by atoms with van der Waals surface area (Å²) in [6, 6.07) is 6.93. The van der Waals surface area contributed by atoms with Crippen molar-refractivity contribution in [3.63, 3.8) is 0 Å². The van der Waals surface area contributed by atoms with Crippen LogP contribution in [0, 0.1) is 11.3 Å². The first kappa shape index (κ1) is 15.7. The Bertz CT molecular complexity index is 604. The van der Waals surface area contributed by atoms with E-state index in [2.05, 4.69) is 49.5 Å². The van der Waals surface area contributed by atoms with Gasteiger partial charge in [0.1, 0.15) is 5.75 Å². The van der Waals surface area contributed by atoms with Crippen LogP contribution in [-0.2, 0) is 5.41 Å². The van der Waals surface area contributed by atoms with Crippen molar-refractivity contribution in [3.05, 3.63) is 23.8 Å². The Balaban J connectivity index is 1.57. The van der Waals surface area contributed by atoms with Gasteiger partial charge in [-0.15, -0.1) is 0 Å². The highest BCUT2D eigenvalue weighted by atomic mass is 127. The summed E-state index contributed by atoms with van der Waals surface area (Å²) in [5.74, 6) is 1.73. The average molecular weight is 425 g/mol. The Morgan fingerprint density at radius 1 is 1.39 bits per heavy atom. The lowest BCUT2D eigenvalue weighted by Crippen LogP contribution is -2.37. The summed E-state index contributed by atoms with van der Waals surface area (Å²) in [6.07, 6.45) is 7.82. The van der Waals surface area contributed by atoms with Crippen LogP contribution < -0.4 is 10.1 Å². The van der Waals surface area contributed by atoms with Crippen LogP contribution in [0.25, 0.3) is 0 Å². The van der Waals surface area contributed by atoms with Crippen LogP contribution in [0.15, 0.2) is 18.2 Å². The van der Waals surface area contributed by atoms with E-state index in [1.54, 1.807) is 6.21 Å². The number of hydrogen-bond acceptors (Lipinski definition) is 4. The zero-order valence-electron chi connectivity index (χ0n) is 13.4. The van der Waals surface area contributed by atoms with E-state index in [0.717, 1.165) is 31.2 Å². The molecule has 2 N–H and O–H groups in total. The first-order valence-corrected chi connectivity index (χ1v) is 9.62. The fraction of sp³-hybridized carbons (Fsp3) is 0.611. The lowest BCUT2D eigenvalue weighted by atomic mass is 9.77. The first-order valence-electron chi connectivity index (χ1n) is 8.65. The molecule has 0 radical (unpaired) electrons. The molecule has 1 unspecified atom stereocenters. The second kappa shape index (κ2) is 6.24. The second-order valence-corrected chi connectivity index (χ2v) is 8.48. The quantitative estimate of drug-likeness (QED) is 0.412. The third kappa shape index (κ3) is 3.09. The van der Waals surface area contributed by atoms with Crippen LogP contribution in [0.5, 0.6) is 5.75 Å². The molecule has 0 amide bonds. The first-order chi connectivity index (χ1) is 11.2. The third-order valence-corrected chi connectivity index (χ3v) is 6.76. The minimum Gasteiger partial charge on any atom is -0.493 e. The van der Waals surface area contributed by atoms with Crippen LogP contribution in [0.2, 0.25) is 0 Å². The molecule has 4 rings (SSSR count). The molecule has 124 valence electrons. The smallest absolute Gasteiger partial charge is 0.119 e. The zero-order chi connectivity index (χ0) is 15.9.